The van der Waals surface area contributed by atoms with Crippen molar-refractivity contribution in [3.8, 4) is 0 Å². The lowest BCUT2D eigenvalue weighted by molar-refractivity contribution is -0.154. The second-order valence-electron chi connectivity index (χ2n) is 11.1. The molecule has 1 saturated heterocycles. The van der Waals surface area contributed by atoms with E-state index in [0.717, 1.165) is 5.56 Å². The van der Waals surface area contributed by atoms with Gasteiger partial charge in [-0.3, -0.25) is 23.4 Å². The molecule has 1 fully saturated rings. The molecule has 1 aliphatic heterocycles. The van der Waals surface area contributed by atoms with Gasteiger partial charge in [-0.05, 0) is 32.3 Å². The van der Waals surface area contributed by atoms with Crippen LogP contribution in [0.4, 0.5) is 0 Å². The fraction of sp³-hybridized carbons (Fsp3) is 0.654. The van der Waals surface area contributed by atoms with Gasteiger partial charge >= 0.3 is 19.7 Å². The molecule has 1 aromatic carbocycles. The van der Waals surface area contributed by atoms with E-state index in [4.69, 9.17) is 18.5 Å². The molecule has 1 heterocycles. The van der Waals surface area contributed by atoms with Crippen LogP contribution in [0.3, 0.4) is 0 Å². The quantitative estimate of drug-likeness (QED) is 0.318. The highest BCUT2D eigenvalue weighted by atomic mass is 31.2. The van der Waals surface area contributed by atoms with Crippen LogP contribution in [0.2, 0.25) is 0 Å². The molecular formula is C26H41N2O8P. The number of ether oxygens (including phenoxy) is 2. The Hall–Kier alpha value is -2.26. The highest BCUT2D eigenvalue weighted by Crippen LogP contribution is 2.53. The number of carbonyl (C=O) groups is 3. The molecule has 0 radical (unpaired) electrons. The van der Waals surface area contributed by atoms with Gasteiger partial charge in [-0.1, -0.05) is 58.0 Å². The number of esters is 2. The molecule has 2 N–H and O–H groups in total. The van der Waals surface area contributed by atoms with E-state index >= 15 is 0 Å². The fourth-order valence-electron chi connectivity index (χ4n) is 3.53. The highest BCUT2D eigenvalue weighted by Gasteiger charge is 2.49. The van der Waals surface area contributed by atoms with Crippen molar-refractivity contribution in [1.29, 1.82) is 0 Å². The van der Waals surface area contributed by atoms with E-state index in [1.165, 1.54) is 0 Å². The van der Waals surface area contributed by atoms with Crippen molar-refractivity contribution < 1.29 is 37.5 Å². The molecule has 208 valence electrons. The van der Waals surface area contributed by atoms with Gasteiger partial charge in [-0.15, -0.1) is 0 Å². The molecule has 37 heavy (non-hydrogen) atoms. The smallest absolute Gasteiger partial charge is 0.407 e. The first-order chi connectivity index (χ1) is 17.1. The summed E-state index contributed by atoms with van der Waals surface area (Å²) >= 11 is 0. The zero-order valence-electron chi connectivity index (χ0n) is 22.9. The number of hydrogen-bond donors (Lipinski definition) is 2. The first kappa shape index (κ1) is 31.0. The zero-order chi connectivity index (χ0) is 27.9. The second-order valence-corrected chi connectivity index (χ2v) is 12.8. The largest absolute Gasteiger partial charge is 0.464 e. The van der Waals surface area contributed by atoms with Gasteiger partial charge in [0.15, 0.2) is 6.10 Å². The molecule has 3 atom stereocenters. The summed E-state index contributed by atoms with van der Waals surface area (Å²) in [6, 6.07) is 8.63. The number of carbonyl (C=O) groups excluding carboxylic acids is 3. The average molecular weight is 541 g/mol. The predicted octanol–water partition coefficient (Wildman–Crippen LogP) is 3.78. The number of amides is 1. The van der Waals surface area contributed by atoms with E-state index in [0.29, 0.717) is 6.42 Å². The van der Waals surface area contributed by atoms with Crippen molar-refractivity contribution in [3.63, 3.8) is 0 Å². The third-order valence-corrected chi connectivity index (χ3v) is 7.09. The Morgan fingerprint density at radius 2 is 1.81 bits per heavy atom. The van der Waals surface area contributed by atoms with Crippen LogP contribution in [0.1, 0.15) is 60.5 Å². The minimum Gasteiger partial charge on any atom is -0.464 e. The van der Waals surface area contributed by atoms with Crippen molar-refractivity contribution in [3.05, 3.63) is 35.9 Å². The van der Waals surface area contributed by atoms with Crippen molar-refractivity contribution >= 4 is 25.6 Å². The summed E-state index contributed by atoms with van der Waals surface area (Å²) in [5.41, 5.74) is -0.408. The fourth-order valence-corrected chi connectivity index (χ4v) is 5.63. The Kier molecular flexibility index (Phi) is 10.9. The van der Waals surface area contributed by atoms with Gasteiger partial charge in [0.25, 0.3) is 0 Å². The maximum Gasteiger partial charge on any atom is 0.407 e. The highest BCUT2D eigenvalue weighted by molar-refractivity contribution is 7.51. The Labute approximate surface area is 219 Å². The van der Waals surface area contributed by atoms with E-state index in [1.807, 2.05) is 30.3 Å². The minimum absolute atomic E-state index is 0.0210. The Balaban J connectivity index is 1.98. The van der Waals surface area contributed by atoms with Gasteiger partial charge in [0, 0.05) is 18.4 Å². The summed E-state index contributed by atoms with van der Waals surface area (Å²) in [4.78, 5) is 37.6. The van der Waals surface area contributed by atoms with E-state index in [-0.39, 0.29) is 32.1 Å². The molecule has 0 unspecified atom stereocenters. The van der Waals surface area contributed by atoms with Crippen LogP contribution in [0, 0.1) is 11.3 Å². The maximum atomic E-state index is 13.5. The summed E-state index contributed by atoms with van der Waals surface area (Å²) in [7, 11) is -4.04. The molecule has 0 saturated carbocycles. The lowest BCUT2D eigenvalue weighted by atomic mass is 9.87. The van der Waals surface area contributed by atoms with E-state index in [2.05, 4.69) is 10.4 Å². The van der Waals surface area contributed by atoms with Gasteiger partial charge in [-0.25, -0.2) is 9.65 Å². The SMILES string of the molecule is CC(C)[C@H](N[P@]1(=O)OCC(C)(C)[C@H](C(=O)NCCC(=O)OC(C)(C)C)O1)C(=O)OCCc1ccccc1. The summed E-state index contributed by atoms with van der Waals surface area (Å²) in [6.45, 7) is 12.5. The molecule has 0 bridgehead atoms. The Morgan fingerprint density at radius 1 is 1.16 bits per heavy atom. The first-order valence-electron chi connectivity index (χ1n) is 12.5. The van der Waals surface area contributed by atoms with Crippen LogP contribution in [0.25, 0.3) is 0 Å². The number of hydrogen-bond acceptors (Lipinski definition) is 8. The summed E-state index contributed by atoms with van der Waals surface area (Å²) in [5.74, 6) is -1.86. The Bertz CT molecular complexity index is 975. The number of benzene rings is 1. The molecule has 10 nitrogen and oxygen atoms in total. The van der Waals surface area contributed by atoms with Gasteiger partial charge in [0.1, 0.15) is 11.6 Å². The van der Waals surface area contributed by atoms with E-state index in [9.17, 15) is 18.9 Å². The lowest BCUT2D eigenvalue weighted by Crippen LogP contribution is -2.52. The van der Waals surface area contributed by atoms with Crippen LogP contribution in [0.5, 0.6) is 0 Å². The van der Waals surface area contributed by atoms with Crippen molar-refractivity contribution in [2.24, 2.45) is 11.3 Å². The molecule has 0 spiro atoms. The maximum absolute atomic E-state index is 13.5. The molecule has 0 aromatic heterocycles. The molecule has 1 aromatic rings. The molecular weight excluding hydrogens is 499 g/mol. The third kappa shape index (κ3) is 10.2. The van der Waals surface area contributed by atoms with Crippen LogP contribution in [-0.4, -0.2) is 55.4 Å². The van der Waals surface area contributed by atoms with Gasteiger partial charge in [0.2, 0.25) is 5.91 Å². The normalized spacial score (nSPS) is 22.2. The topological polar surface area (TPSA) is 129 Å². The van der Waals surface area contributed by atoms with Gasteiger partial charge in [0.05, 0.1) is 19.6 Å². The third-order valence-electron chi connectivity index (χ3n) is 5.54. The monoisotopic (exact) mass is 540 g/mol. The summed E-state index contributed by atoms with van der Waals surface area (Å²) in [6.07, 6.45) is -0.616. The van der Waals surface area contributed by atoms with Crippen LogP contribution < -0.4 is 10.4 Å². The summed E-state index contributed by atoms with van der Waals surface area (Å²) < 4.78 is 35.3. The summed E-state index contributed by atoms with van der Waals surface area (Å²) in [5, 5.41) is 5.33. The van der Waals surface area contributed by atoms with Gasteiger partial charge < -0.3 is 14.8 Å². The number of rotatable bonds is 11. The second kappa shape index (κ2) is 13.0. The van der Waals surface area contributed by atoms with Crippen LogP contribution in [-0.2, 0) is 43.9 Å². The molecule has 2 rings (SSSR count). The van der Waals surface area contributed by atoms with E-state index in [1.54, 1.807) is 48.5 Å². The average Bonchev–Trinajstić information content (AvgIpc) is 2.78. The number of nitrogens with one attached hydrogen (secondary N) is 2. The van der Waals surface area contributed by atoms with Gasteiger partial charge in [-0.2, -0.15) is 0 Å². The van der Waals surface area contributed by atoms with Crippen molar-refractivity contribution in [2.75, 3.05) is 19.8 Å². The van der Waals surface area contributed by atoms with Crippen molar-refractivity contribution in [2.45, 2.75) is 79.1 Å². The first-order valence-corrected chi connectivity index (χ1v) is 14.1. The molecule has 1 aliphatic rings. The molecule has 1 amide bonds. The van der Waals surface area contributed by atoms with Crippen LogP contribution >= 0.6 is 7.75 Å². The van der Waals surface area contributed by atoms with Crippen molar-refractivity contribution in [1.82, 2.24) is 10.4 Å². The zero-order valence-corrected chi connectivity index (χ0v) is 23.8. The molecule has 11 heteroatoms. The minimum atomic E-state index is -4.04. The van der Waals surface area contributed by atoms with Crippen LogP contribution in [0.15, 0.2) is 30.3 Å². The Morgan fingerprint density at radius 3 is 2.41 bits per heavy atom. The van der Waals surface area contributed by atoms with E-state index < -0.39 is 48.8 Å². The predicted molar refractivity (Wildman–Crippen MR) is 139 cm³/mol. The lowest BCUT2D eigenvalue weighted by Gasteiger charge is -2.41. The molecule has 0 aliphatic carbocycles. The standard InChI is InChI=1S/C26H41N2O8P/c1-18(2)21(24(31)33-16-14-19-11-9-8-10-12-19)28-37(32)34-17-26(6,7)22(36-37)23(30)27-15-13-20(29)35-25(3,4)5/h8-12,18,21-22H,13-17H2,1-7H3,(H,27,30)(H,28,32)/t21-,22-,37-/m0/s1.